The van der Waals surface area contributed by atoms with E-state index in [0.29, 0.717) is 12.5 Å². The van der Waals surface area contributed by atoms with Gasteiger partial charge in [-0.25, -0.2) is 0 Å². The smallest absolute Gasteiger partial charge is 0.227 e. The standard InChI is InChI=1S/C17H26N2O/c1-12-5-4-6-15(12)16(20)19-14-9-7-13(8-10-14)17(2,3)11-18/h7-10,12,15H,4-6,11,18H2,1-3H3,(H,19,20). The van der Waals surface area contributed by atoms with Gasteiger partial charge in [-0.1, -0.05) is 39.3 Å². The molecule has 0 aromatic heterocycles. The Balaban J connectivity index is 2.02. The summed E-state index contributed by atoms with van der Waals surface area (Å²) in [5.41, 5.74) is 7.84. The number of amides is 1. The third-order valence-corrected chi connectivity index (χ3v) is 4.64. The highest BCUT2D eigenvalue weighted by Gasteiger charge is 2.29. The van der Waals surface area contributed by atoms with Gasteiger partial charge in [0.25, 0.3) is 0 Å². The van der Waals surface area contributed by atoms with Gasteiger partial charge >= 0.3 is 0 Å². The summed E-state index contributed by atoms with van der Waals surface area (Å²) in [4.78, 5) is 12.2. The maximum atomic E-state index is 12.2. The number of carbonyl (C=O) groups is 1. The number of hydrogen-bond donors (Lipinski definition) is 2. The van der Waals surface area contributed by atoms with Gasteiger partial charge < -0.3 is 11.1 Å². The normalized spacial score (nSPS) is 22.8. The van der Waals surface area contributed by atoms with Crippen molar-refractivity contribution in [1.29, 1.82) is 0 Å². The Morgan fingerprint density at radius 3 is 2.45 bits per heavy atom. The van der Waals surface area contributed by atoms with Crippen LogP contribution in [-0.4, -0.2) is 12.5 Å². The van der Waals surface area contributed by atoms with Crippen molar-refractivity contribution >= 4 is 11.6 Å². The van der Waals surface area contributed by atoms with Crippen LogP contribution in [0.2, 0.25) is 0 Å². The summed E-state index contributed by atoms with van der Waals surface area (Å²) in [5, 5.41) is 3.04. The molecule has 1 aromatic rings. The molecule has 1 fully saturated rings. The minimum absolute atomic E-state index is 0.0253. The molecule has 20 heavy (non-hydrogen) atoms. The summed E-state index contributed by atoms with van der Waals surface area (Å²) >= 11 is 0. The molecule has 2 unspecified atom stereocenters. The Labute approximate surface area is 121 Å². The fourth-order valence-corrected chi connectivity index (χ4v) is 2.89. The zero-order valence-corrected chi connectivity index (χ0v) is 12.8. The SMILES string of the molecule is CC1CCCC1C(=O)Nc1ccc(C(C)(C)CN)cc1. The maximum absolute atomic E-state index is 12.2. The average Bonchev–Trinajstić information content (AvgIpc) is 2.85. The van der Waals surface area contributed by atoms with Gasteiger partial charge in [0.2, 0.25) is 5.91 Å². The van der Waals surface area contributed by atoms with E-state index in [-0.39, 0.29) is 17.2 Å². The topological polar surface area (TPSA) is 55.1 Å². The molecule has 0 heterocycles. The van der Waals surface area contributed by atoms with Crippen LogP contribution in [0.15, 0.2) is 24.3 Å². The number of hydrogen-bond acceptors (Lipinski definition) is 2. The lowest BCUT2D eigenvalue weighted by Gasteiger charge is -2.23. The van der Waals surface area contributed by atoms with Gasteiger partial charge in [0.05, 0.1) is 0 Å². The van der Waals surface area contributed by atoms with Crippen molar-refractivity contribution in [3.63, 3.8) is 0 Å². The van der Waals surface area contributed by atoms with Gasteiger partial charge in [-0.15, -0.1) is 0 Å². The minimum Gasteiger partial charge on any atom is -0.330 e. The number of carbonyl (C=O) groups excluding carboxylic acids is 1. The summed E-state index contributed by atoms with van der Waals surface area (Å²) in [7, 11) is 0. The highest BCUT2D eigenvalue weighted by atomic mass is 16.1. The van der Waals surface area contributed by atoms with E-state index in [4.69, 9.17) is 5.73 Å². The van der Waals surface area contributed by atoms with E-state index in [1.54, 1.807) is 0 Å². The molecule has 1 saturated carbocycles. The number of nitrogens with two attached hydrogens (primary N) is 1. The first kappa shape index (κ1) is 15.0. The van der Waals surface area contributed by atoms with E-state index in [0.717, 1.165) is 12.1 Å². The second-order valence-electron chi connectivity index (χ2n) is 6.67. The molecule has 1 amide bonds. The van der Waals surface area contributed by atoms with Crippen molar-refractivity contribution in [3.8, 4) is 0 Å². The van der Waals surface area contributed by atoms with Crippen molar-refractivity contribution in [3.05, 3.63) is 29.8 Å². The molecule has 0 spiro atoms. The zero-order chi connectivity index (χ0) is 14.8. The van der Waals surface area contributed by atoms with Gasteiger partial charge in [0.1, 0.15) is 0 Å². The lowest BCUT2D eigenvalue weighted by Crippen LogP contribution is -2.28. The zero-order valence-electron chi connectivity index (χ0n) is 12.8. The molecule has 1 aromatic carbocycles. The number of benzene rings is 1. The maximum Gasteiger partial charge on any atom is 0.227 e. The van der Waals surface area contributed by atoms with Crippen LogP contribution in [0.1, 0.15) is 45.6 Å². The van der Waals surface area contributed by atoms with Crippen LogP contribution < -0.4 is 11.1 Å². The molecule has 2 atom stereocenters. The number of anilines is 1. The summed E-state index contributed by atoms with van der Waals surface area (Å²) in [6, 6.07) is 8.07. The fourth-order valence-electron chi connectivity index (χ4n) is 2.89. The average molecular weight is 274 g/mol. The van der Waals surface area contributed by atoms with Crippen LogP contribution in [0.4, 0.5) is 5.69 Å². The van der Waals surface area contributed by atoms with E-state index in [1.165, 1.54) is 18.4 Å². The molecule has 1 aliphatic carbocycles. The van der Waals surface area contributed by atoms with E-state index in [9.17, 15) is 4.79 Å². The monoisotopic (exact) mass is 274 g/mol. The van der Waals surface area contributed by atoms with Crippen molar-refractivity contribution in [2.45, 2.75) is 45.4 Å². The summed E-state index contributed by atoms with van der Waals surface area (Å²) in [5.74, 6) is 0.849. The second kappa shape index (κ2) is 5.96. The van der Waals surface area contributed by atoms with Crippen molar-refractivity contribution < 1.29 is 4.79 Å². The molecule has 2 rings (SSSR count). The van der Waals surface area contributed by atoms with E-state index in [2.05, 4.69) is 38.2 Å². The minimum atomic E-state index is -0.0253. The Hall–Kier alpha value is -1.35. The lowest BCUT2D eigenvalue weighted by molar-refractivity contribution is -0.120. The van der Waals surface area contributed by atoms with Gasteiger partial charge in [-0.05, 0) is 36.5 Å². The van der Waals surface area contributed by atoms with Crippen LogP contribution in [0.25, 0.3) is 0 Å². The highest BCUT2D eigenvalue weighted by Crippen LogP contribution is 2.32. The fraction of sp³-hybridized carbons (Fsp3) is 0.588. The van der Waals surface area contributed by atoms with Gasteiger partial charge in [-0.2, -0.15) is 0 Å². The first-order valence-corrected chi connectivity index (χ1v) is 7.55. The van der Waals surface area contributed by atoms with E-state index < -0.39 is 0 Å². The van der Waals surface area contributed by atoms with Crippen LogP contribution >= 0.6 is 0 Å². The molecule has 0 radical (unpaired) electrons. The molecular weight excluding hydrogens is 248 g/mol. The van der Waals surface area contributed by atoms with E-state index >= 15 is 0 Å². The third-order valence-electron chi connectivity index (χ3n) is 4.64. The van der Waals surface area contributed by atoms with Gasteiger partial charge in [0, 0.05) is 23.6 Å². The number of rotatable bonds is 4. The van der Waals surface area contributed by atoms with Crippen molar-refractivity contribution in [2.75, 3.05) is 11.9 Å². The van der Waals surface area contributed by atoms with E-state index in [1.807, 2.05) is 12.1 Å². The van der Waals surface area contributed by atoms with Gasteiger partial charge in [-0.3, -0.25) is 4.79 Å². The Morgan fingerprint density at radius 1 is 1.30 bits per heavy atom. The molecule has 3 heteroatoms. The highest BCUT2D eigenvalue weighted by molar-refractivity contribution is 5.92. The van der Waals surface area contributed by atoms with Crippen LogP contribution in [0.5, 0.6) is 0 Å². The van der Waals surface area contributed by atoms with Crippen LogP contribution in [0, 0.1) is 11.8 Å². The molecule has 0 aliphatic heterocycles. The predicted molar refractivity (Wildman–Crippen MR) is 83.7 cm³/mol. The van der Waals surface area contributed by atoms with Crippen LogP contribution in [-0.2, 0) is 10.2 Å². The lowest BCUT2D eigenvalue weighted by atomic mass is 9.85. The molecule has 0 saturated heterocycles. The van der Waals surface area contributed by atoms with Crippen molar-refractivity contribution in [1.82, 2.24) is 0 Å². The summed E-state index contributed by atoms with van der Waals surface area (Å²) in [6.45, 7) is 7.03. The molecule has 110 valence electrons. The molecular formula is C17H26N2O. The summed E-state index contributed by atoms with van der Waals surface area (Å²) in [6.07, 6.45) is 3.36. The Morgan fingerprint density at radius 2 is 1.95 bits per heavy atom. The first-order chi connectivity index (χ1) is 9.44. The quantitative estimate of drug-likeness (QED) is 0.885. The van der Waals surface area contributed by atoms with Gasteiger partial charge in [0.15, 0.2) is 0 Å². The van der Waals surface area contributed by atoms with Crippen molar-refractivity contribution in [2.24, 2.45) is 17.6 Å². The molecule has 3 nitrogen and oxygen atoms in total. The largest absolute Gasteiger partial charge is 0.330 e. The summed E-state index contributed by atoms with van der Waals surface area (Å²) < 4.78 is 0. The Kier molecular flexibility index (Phi) is 4.48. The predicted octanol–water partition coefficient (Wildman–Crippen LogP) is 3.30. The number of nitrogens with one attached hydrogen (secondary N) is 1. The molecule has 0 bridgehead atoms. The molecule has 1 aliphatic rings. The third kappa shape index (κ3) is 3.21. The molecule has 3 N–H and O–H groups in total. The second-order valence-corrected chi connectivity index (χ2v) is 6.67. The first-order valence-electron chi connectivity index (χ1n) is 7.55. The van der Waals surface area contributed by atoms with Crippen LogP contribution in [0.3, 0.4) is 0 Å². The Bertz CT molecular complexity index is 464.